The second kappa shape index (κ2) is 13.9. The Hall–Kier alpha value is -2.46. The molecule has 2 amide bonds. The molecule has 0 saturated carbocycles. The van der Waals surface area contributed by atoms with E-state index in [1.807, 2.05) is 24.3 Å². The number of amides is 2. The van der Waals surface area contributed by atoms with Gasteiger partial charge >= 0.3 is 20.0 Å². The summed E-state index contributed by atoms with van der Waals surface area (Å²) in [7, 11) is -3.86. The van der Waals surface area contributed by atoms with Crippen molar-refractivity contribution in [3.8, 4) is 0 Å². The standard InChI is InChI=1S/C28H48N3O8P/c1-25(2,3)36-23(32)30-22(31-24(33)37-26(4,5)6)29-17-16-20-14-13-15-21(18-20)19-35-40(34,38-27(7,8)9)39-28(10,11)12/h13-15,18H,16-17,19H2,1-12H3,(H2,29,30,31,32,33). The molecule has 1 aromatic carbocycles. The predicted octanol–water partition coefficient (Wildman–Crippen LogP) is 6.89. The molecule has 0 saturated heterocycles. The summed E-state index contributed by atoms with van der Waals surface area (Å²) in [5.74, 6) is -0.0948. The van der Waals surface area contributed by atoms with Gasteiger partial charge in [0.15, 0.2) is 0 Å². The second-order valence-electron chi connectivity index (χ2n) is 13.2. The molecule has 0 heterocycles. The molecule has 1 rings (SSSR count). The lowest BCUT2D eigenvalue weighted by atomic mass is 10.1. The summed E-state index contributed by atoms with van der Waals surface area (Å²) in [6, 6.07) is 7.47. The van der Waals surface area contributed by atoms with E-state index in [1.54, 1.807) is 83.1 Å². The number of carbonyl (C=O) groups excluding carboxylic acids is 2. The number of carbonyl (C=O) groups is 2. The maximum atomic E-state index is 13.3. The van der Waals surface area contributed by atoms with Gasteiger partial charge in [-0.1, -0.05) is 24.3 Å². The Labute approximate surface area is 239 Å². The number of hydrogen-bond acceptors (Lipinski definition) is 9. The summed E-state index contributed by atoms with van der Waals surface area (Å²) >= 11 is 0. The Morgan fingerprint density at radius 3 is 1.62 bits per heavy atom. The zero-order valence-electron chi connectivity index (χ0n) is 26.1. The molecule has 0 fully saturated rings. The molecule has 12 heteroatoms. The average Bonchev–Trinajstić information content (AvgIpc) is 2.67. The summed E-state index contributed by atoms with van der Waals surface area (Å²) < 4.78 is 40.9. The highest BCUT2D eigenvalue weighted by molar-refractivity contribution is 7.48. The van der Waals surface area contributed by atoms with Crippen LogP contribution in [0.2, 0.25) is 0 Å². The van der Waals surface area contributed by atoms with Crippen LogP contribution in [0, 0.1) is 0 Å². The molecule has 0 aromatic heterocycles. The minimum Gasteiger partial charge on any atom is -0.444 e. The van der Waals surface area contributed by atoms with E-state index in [2.05, 4.69) is 15.6 Å². The van der Waals surface area contributed by atoms with Gasteiger partial charge in [-0.15, -0.1) is 0 Å². The number of guanidine groups is 1. The first kappa shape index (κ1) is 35.6. The number of nitrogens with one attached hydrogen (secondary N) is 2. The minimum atomic E-state index is -3.86. The fourth-order valence-electron chi connectivity index (χ4n) is 2.98. The van der Waals surface area contributed by atoms with Gasteiger partial charge in [-0.2, -0.15) is 0 Å². The number of phosphoric ester groups is 1. The third kappa shape index (κ3) is 17.3. The third-order valence-corrected chi connectivity index (χ3v) is 6.05. The summed E-state index contributed by atoms with van der Waals surface area (Å²) in [6.45, 7) is 21.3. The van der Waals surface area contributed by atoms with Crippen LogP contribution in [-0.2, 0) is 40.6 Å². The largest absolute Gasteiger partial charge is 0.476 e. The number of alkyl carbamates (subject to hydrolysis) is 2. The number of aliphatic imine (C=N–C) groups is 1. The summed E-state index contributed by atoms with van der Waals surface area (Å²) in [5, 5.41) is 4.92. The first-order chi connectivity index (χ1) is 17.9. The fraction of sp³-hybridized carbons (Fsp3) is 0.679. The predicted molar refractivity (Wildman–Crippen MR) is 155 cm³/mol. The zero-order chi connectivity index (χ0) is 31.0. The molecule has 0 aliphatic heterocycles. The molecule has 0 aliphatic carbocycles. The number of nitrogens with zero attached hydrogens (tertiary/aromatic N) is 1. The number of phosphoric acid groups is 1. The molecular weight excluding hydrogens is 537 g/mol. The van der Waals surface area contributed by atoms with Crippen LogP contribution in [-0.4, -0.2) is 47.1 Å². The fourth-order valence-corrected chi connectivity index (χ4v) is 4.77. The molecule has 0 spiro atoms. The second-order valence-corrected chi connectivity index (χ2v) is 14.7. The van der Waals surface area contributed by atoms with Crippen LogP contribution in [0.4, 0.5) is 9.59 Å². The van der Waals surface area contributed by atoms with Crippen LogP contribution in [0.3, 0.4) is 0 Å². The van der Waals surface area contributed by atoms with Crippen molar-refractivity contribution < 1.29 is 37.2 Å². The van der Waals surface area contributed by atoms with E-state index >= 15 is 0 Å². The number of ether oxygens (including phenoxy) is 2. The van der Waals surface area contributed by atoms with Gasteiger partial charge < -0.3 is 9.47 Å². The van der Waals surface area contributed by atoms with Crippen molar-refractivity contribution in [2.75, 3.05) is 6.54 Å². The van der Waals surface area contributed by atoms with Gasteiger partial charge in [0.2, 0.25) is 5.96 Å². The highest BCUT2D eigenvalue weighted by Gasteiger charge is 2.37. The Morgan fingerprint density at radius 1 is 0.750 bits per heavy atom. The Bertz CT molecular complexity index is 1020. The molecule has 40 heavy (non-hydrogen) atoms. The van der Waals surface area contributed by atoms with Crippen LogP contribution in [0.1, 0.15) is 94.2 Å². The Balaban J connectivity index is 2.97. The van der Waals surface area contributed by atoms with Crippen molar-refractivity contribution >= 4 is 26.0 Å². The lowest BCUT2D eigenvalue weighted by molar-refractivity contribution is 0.000763. The molecule has 11 nitrogen and oxygen atoms in total. The van der Waals surface area contributed by atoms with Crippen LogP contribution in [0.15, 0.2) is 29.3 Å². The summed E-state index contributed by atoms with van der Waals surface area (Å²) in [5.41, 5.74) is -1.28. The van der Waals surface area contributed by atoms with Gasteiger partial charge in [0.05, 0.1) is 17.8 Å². The zero-order valence-corrected chi connectivity index (χ0v) is 27.0. The quantitative estimate of drug-likeness (QED) is 0.191. The van der Waals surface area contributed by atoms with Crippen LogP contribution in [0.25, 0.3) is 0 Å². The van der Waals surface area contributed by atoms with E-state index in [9.17, 15) is 14.2 Å². The first-order valence-corrected chi connectivity index (χ1v) is 14.7. The van der Waals surface area contributed by atoms with E-state index in [0.29, 0.717) is 6.42 Å². The van der Waals surface area contributed by atoms with Crippen molar-refractivity contribution in [1.82, 2.24) is 10.6 Å². The molecule has 0 unspecified atom stereocenters. The van der Waals surface area contributed by atoms with Gasteiger partial charge in [-0.25, -0.2) is 14.2 Å². The minimum absolute atomic E-state index is 0.00615. The number of hydrogen-bond donors (Lipinski definition) is 2. The van der Waals surface area contributed by atoms with E-state index in [1.165, 1.54) is 0 Å². The van der Waals surface area contributed by atoms with E-state index in [4.69, 9.17) is 23.0 Å². The van der Waals surface area contributed by atoms with E-state index < -0.39 is 42.4 Å². The van der Waals surface area contributed by atoms with Gasteiger partial charge in [0.25, 0.3) is 0 Å². The summed E-state index contributed by atoms with van der Waals surface area (Å²) in [4.78, 5) is 28.9. The van der Waals surface area contributed by atoms with Crippen molar-refractivity contribution in [3.05, 3.63) is 35.4 Å². The van der Waals surface area contributed by atoms with Crippen molar-refractivity contribution in [1.29, 1.82) is 0 Å². The Morgan fingerprint density at radius 2 is 1.20 bits per heavy atom. The molecular formula is C28H48N3O8P. The molecule has 0 radical (unpaired) electrons. The molecule has 2 N–H and O–H groups in total. The highest BCUT2D eigenvalue weighted by Crippen LogP contribution is 2.55. The van der Waals surface area contributed by atoms with E-state index in [-0.39, 0.29) is 19.1 Å². The lowest BCUT2D eigenvalue weighted by Gasteiger charge is -2.30. The maximum Gasteiger partial charge on any atom is 0.476 e. The van der Waals surface area contributed by atoms with Crippen LogP contribution in [0.5, 0.6) is 0 Å². The topological polar surface area (TPSA) is 134 Å². The SMILES string of the molecule is CC(C)(C)OC(=O)NC(=NCCc1cccc(COP(=O)(OC(C)(C)C)OC(C)(C)C)c1)NC(=O)OC(C)(C)C. The van der Waals surface area contributed by atoms with Crippen LogP contribution >= 0.6 is 7.82 Å². The third-order valence-electron chi connectivity index (χ3n) is 4.06. The number of rotatable bonds is 8. The molecule has 1 aromatic rings. The molecule has 0 aliphatic rings. The molecule has 0 atom stereocenters. The monoisotopic (exact) mass is 585 g/mol. The highest BCUT2D eigenvalue weighted by atomic mass is 31.2. The smallest absolute Gasteiger partial charge is 0.444 e. The summed E-state index contributed by atoms with van der Waals surface area (Å²) in [6.07, 6.45) is -1.06. The maximum absolute atomic E-state index is 13.3. The van der Waals surface area contributed by atoms with Gasteiger partial charge in [-0.05, 0) is 101 Å². The first-order valence-electron chi connectivity index (χ1n) is 13.2. The van der Waals surface area contributed by atoms with Crippen molar-refractivity contribution in [3.63, 3.8) is 0 Å². The van der Waals surface area contributed by atoms with Gasteiger partial charge in [-0.3, -0.25) is 29.2 Å². The van der Waals surface area contributed by atoms with Gasteiger partial charge in [0, 0.05) is 6.54 Å². The van der Waals surface area contributed by atoms with Crippen molar-refractivity contribution in [2.24, 2.45) is 4.99 Å². The molecule has 0 bridgehead atoms. The van der Waals surface area contributed by atoms with Crippen molar-refractivity contribution in [2.45, 2.75) is 119 Å². The molecule has 228 valence electrons. The number of benzene rings is 1. The van der Waals surface area contributed by atoms with Crippen LogP contribution < -0.4 is 10.6 Å². The van der Waals surface area contributed by atoms with E-state index in [0.717, 1.165) is 11.1 Å². The average molecular weight is 586 g/mol. The normalized spacial score (nSPS) is 12.9. The lowest BCUT2D eigenvalue weighted by Crippen LogP contribution is -2.47. The van der Waals surface area contributed by atoms with Gasteiger partial charge in [0.1, 0.15) is 11.2 Å². The Kier molecular flexibility index (Phi) is 12.4.